The number of para-hydroxylation sites is 1. The average molecular weight is 334 g/mol. The third-order valence-electron chi connectivity index (χ3n) is 2.89. The Bertz CT molecular complexity index is 655. The Morgan fingerprint density at radius 1 is 1.00 bits per heavy atom. The molecule has 1 rings (SSSR count). The summed E-state index contributed by atoms with van der Waals surface area (Å²) in [7, 11) is -6.92. The normalized spacial score (nSPS) is 12.3. The van der Waals surface area contributed by atoms with Crippen LogP contribution in [0.1, 0.15) is 20.3 Å². The molecule has 0 spiro atoms. The highest BCUT2D eigenvalue weighted by Crippen LogP contribution is 2.20. The average Bonchev–Trinajstić information content (AvgIpc) is 2.45. The minimum atomic E-state index is -3.73. The fourth-order valence-corrected chi connectivity index (χ4v) is 3.70. The van der Waals surface area contributed by atoms with Crippen LogP contribution >= 0.6 is 0 Å². The van der Waals surface area contributed by atoms with Gasteiger partial charge in [0.15, 0.2) is 9.84 Å². The van der Waals surface area contributed by atoms with Gasteiger partial charge in [-0.15, -0.1) is 0 Å². The first-order chi connectivity index (χ1) is 9.82. The second-order valence-corrected chi connectivity index (χ2v) is 8.77. The van der Waals surface area contributed by atoms with E-state index in [-0.39, 0.29) is 22.9 Å². The van der Waals surface area contributed by atoms with Crippen molar-refractivity contribution in [3.05, 3.63) is 24.3 Å². The number of sulfone groups is 1. The van der Waals surface area contributed by atoms with Gasteiger partial charge in [-0.1, -0.05) is 26.0 Å². The molecule has 6 nitrogen and oxygen atoms in total. The van der Waals surface area contributed by atoms with Gasteiger partial charge in [-0.25, -0.2) is 21.6 Å². The van der Waals surface area contributed by atoms with Crippen molar-refractivity contribution in [2.75, 3.05) is 29.9 Å². The summed E-state index contributed by atoms with van der Waals surface area (Å²) >= 11 is 0. The zero-order valence-electron chi connectivity index (χ0n) is 12.3. The van der Waals surface area contributed by atoms with Gasteiger partial charge in [0.1, 0.15) is 4.90 Å². The Morgan fingerprint density at radius 2 is 1.67 bits per heavy atom. The lowest BCUT2D eigenvalue weighted by molar-refractivity contribution is 0.581. The van der Waals surface area contributed by atoms with Crippen LogP contribution in [0.3, 0.4) is 0 Å². The number of benzene rings is 1. The summed E-state index contributed by atoms with van der Waals surface area (Å²) in [6.07, 6.45) is 0.872. The van der Waals surface area contributed by atoms with Crippen molar-refractivity contribution in [1.82, 2.24) is 4.72 Å². The Balaban J connectivity index is 2.83. The first-order valence-corrected chi connectivity index (χ1v) is 10.2. The fraction of sp³-hybridized carbons (Fsp3) is 0.538. The number of nitrogens with one attached hydrogen (secondary N) is 2. The maximum absolute atomic E-state index is 12.2. The molecular formula is C13H22N2O4S2. The number of anilines is 1. The van der Waals surface area contributed by atoms with Crippen LogP contribution in [0.5, 0.6) is 0 Å². The van der Waals surface area contributed by atoms with Crippen molar-refractivity contribution in [3.8, 4) is 0 Å². The highest BCUT2D eigenvalue weighted by atomic mass is 32.2. The minimum absolute atomic E-state index is 0.00334. The van der Waals surface area contributed by atoms with Crippen LogP contribution in [0.4, 0.5) is 5.69 Å². The molecule has 0 saturated carbocycles. The summed E-state index contributed by atoms with van der Waals surface area (Å²) in [5.41, 5.74) is 0.519. The third kappa shape index (κ3) is 5.64. The molecule has 0 fully saturated rings. The highest BCUT2D eigenvalue weighted by Gasteiger charge is 2.18. The van der Waals surface area contributed by atoms with Crippen molar-refractivity contribution >= 4 is 25.5 Å². The van der Waals surface area contributed by atoms with Gasteiger partial charge in [-0.05, 0) is 18.6 Å². The summed E-state index contributed by atoms with van der Waals surface area (Å²) in [6, 6.07) is 6.56. The molecule has 1 aromatic carbocycles. The van der Waals surface area contributed by atoms with Crippen molar-refractivity contribution < 1.29 is 16.8 Å². The molecule has 120 valence electrons. The monoisotopic (exact) mass is 334 g/mol. The van der Waals surface area contributed by atoms with E-state index in [4.69, 9.17) is 0 Å². The zero-order chi connectivity index (χ0) is 15.9. The molecule has 0 atom stereocenters. The van der Waals surface area contributed by atoms with E-state index in [1.165, 1.54) is 13.0 Å². The van der Waals surface area contributed by atoms with Crippen molar-refractivity contribution in [3.63, 3.8) is 0 Å². The highest BCUT2D eigenvalue weighted by molar-refractivity contribution is 7.91. The third-order valence-corrected chi connectivity index (χ3v) is 6.11. The van der Waals surface area contributed by atoms with Crippen LogP contribution in [0.15, 0.2) is 29.2 Å². The molecule has 0 bridgehead atoms. The molecule has 0 unspecified atom stereocenters. The van der Waals surface area contributed by atoms with Crippen molar-refractivity contribution in [2.45, 2.75) is 25.2 Å². The quantitative estimate of drug-likeness (QED) is 0.708. The number of sulfonamides is 1. The van der Waals surface area contributed by atoms with Gasteiger partial charge in [0.25, 0.3) is 0 Å². The summed E-state index contributed by atoms with van der Waals surface area (Å²) in [5, 5.41) is 3.05. The van der Waals surface area contributed by atoms with Crippen LogP contribution in [-0.4, -0.2) is 41.4 Å². The molecule has 1 aromatic rings. The molecule has 2 N–H and O–H groups in total. The molecule has 21 heavy (non-hydrogen) atoms. The maximum Gasteiger partial charge on any atom is 0.242 e. The van der Waals surface area contributed by atoms with Crippen LogP contribution in [-0.2, 0) is 19.9 Å². The van der Waals surface area contributed by atoms with E-state index in [0.29, 0.717) is 12.2 Å². The predicted octanol–water partition coefficient (Wildman–Crippen LogP) is 1.22. The molecule has 0 aliphatic carbocycles. The largest absolute Gasteiger partial charge is 0.384 e. The maximum atomic E-state index is 12.2. The smallest absolute Gasteiger partial charge is 0.242 e. The Morgan fingerprint density at radius 3 is 2.29 bits per heavy atom. The standard InChI is InChI=1S/C13H22N2O4S2/c1-3-9-14-12-7-5-6-8-13(12)21(18,19)15-10-11-20(16,17)4-2/h5-8,14-15H,3-4,9-11H2,1-2H3. The van der Waals surface area contributed by atoms with E-state index in [9.17, 15) is 16.8 Å². The van der Waals surface area contributed by atoms with Gasteiger partial charge >= 0.3 is 0 Å². The number of rotatable bonds is 9. The minimum Gasteiger partial charge on any atom is -0.384 e. The van der Waals surface area contributed by atoms with Crippen LogP contribution < -0.4 is 10.0 Å². The van der Waals surface area contributed by atoms with Crippen LogP contribution in [0.2, 0.25) is 0 Å². The lowest BCUT2D eigenvalue weighted by Gasteiger charge is -2.12. The van der Waals surface area contributed by atoms with Gasteiger partial charge in [0, 0.05) is 18.8 Å². The fourth-order valence-electron chi connectivity index (χ4n) is 1.66. The predicted molar refractivity (Wildman–Crippen MR) is 84.7 cm³/mol. The van der Waals surface area contributed by atoms with E-state index >= 15 is 0 Å². The Hall–Kier alpha value is -1.12. The lowest BCUT2D eigenvalue weighted by Crippen LogP contribution is -2.30. The van der Waals surface area contributed by atoms with E-state index in [1.54, 1.807) is 18.2 Å². The summed E-state index contributed by atoms with van der Waals surface area (Å²) in [4.78, 5) is 0.132. The number of hydrogen-bond donors (Lipinski definition) is 2. The van der Waals surface area contributed by atoms with Crippen LogP contribution in [0.25, 0.3) is 0 Å². The van der Waals surface area contributed by atoms with E-state index in [1.807, 2.05) is 6.92 Å². The topological polar surface area (TPSA) is 92.3 Å². The number of hydrogen-bond acceptors (Lipinski definition) is 5. The first kappa shape index (κ1) is 17.9. The molecule has 0 amide bonds. The summed E-state index contributed by atoms with van der Waals surface area (Å²) in [6.45, 7) is 4.06. The molecule has 8 heteroatoms. The SMILES string of the molecule is CCCNc1ccccc1S(=O)(=O)NCCS(=O)(=O)CC. The molecule has 0 aromatic heterocycles. The summed E-state index contributed by atoms with van der Waals surface area (Å²) < 4.78 is 49.6. The van der Waals surface area contributed by atoms with Crippen molar-refractivity contribution in [1.29, 1.82) is 0 Å². The van der Waals surface area contributed by atoms with Gasteiger partial charge < -0.3 is 5.32 Å². The van der Waals surface area contributed by atoms with Gasteiger partial charge in [0.2, 0.25) is 10.0 Å². The first-order valence-electron chi connectivity index (χ1n) is 6.85. The second kappa shape index (κ2) is 7.77. The molecule has 0 saturated heterocycles. The van der Waals surface area contributed by atoms with Gasteiger partial charge in [-0.2, -0.15) is 0 Å². The van der Waals surface area contributed by atoms with Gasteiger partial charge in [-0.3, -0.25) is 0 Å². The van der Waals surface area contributed by atoms with E-state index in [2.05, 4.69) is 10.0 Å². The van der Waals surface area contributed by atoms with E-state index < -0.39 is 19.9 Å². The Labute approximate surface area is 126 Å². The molecule has 0 heterocycles. The van der Waals surface area contributed by atoms with E-state index in [0.717, 1.165) is 6.42 Å². The van der Waals surface area contributed by atoms with Gasteiger partial charge in [0.05, 0.1) is 11.4 Å². The lowest BCUT2D eigenvalue weighted by atomic mass is 10.3. The van der Waals surface area contributed by atoms with Crippen LogP contribution in [0, 0.1) is 0 Å². The molecular weight excluding hydrogens is 312 g/mol. The Kier molecular flexibility index (Phi) is 6.63. The van der Waals surface area contributed by atoms with Crippen molar-refractivity contribution in [2.24, 2.45) is 0 Å². The molecule has 0 aliphatic rings. The molecule has 0 aliphatic heterocycles. The summed E-state index contributed by atoms with van der Waals surface area (Å²) in [5.74, 6) is -0.198. The zero-order valence-corrected chi connectivity index (χ0v) is 13.9. The molecule has 0 radical (unpaired) electrons. The second-order valence-electron chi connectivity index (χ2n) is 4.56.